The molecule has 8 heteroatoms. The summed E-state index contributed by atoms with van der Waals surface area (Å²) in [5.74, 6) is -0.650. The van der Waals surface area contributed by atoms with Crippen molar-refractivity contribution in [3.63, 3.8) is 0 Å². The van der Waals surface area contributed by atoms with E-state index in [-0.39, 0.29) is 17.4 Å². The van der Waals surface area contributed by atoms with Gasteiger partial charge in [-0.25, -0.2) is 4.79 Å². The first kappa shape index (κ1) is 19.7. The lowest BCUT2D eigenvalue weighted by molar-refractivity contribution is 0.0787. The van der Waals surface area contributed by atoms with Crippen molar-refractivity contribution >= 4 is 56.9 Å². The predicted octanol–water partition coefficient (Wildman–Crippen LogP) is 4.39. The Hall–Kier alpha value is -1.65. The summed E-state index contributed by atoms with van der Waals surface area (Å²) in [6, 6.07) is 7.48. The highest BCUT2D eigenvalue weighted by Gasteiger charge is 2.43. The Morgan fingerprint density at radius 2 is 1.93 bits per heavy atom. The fourth-order valence-corrected chi connectivity index (χ4v) is 4.71. The molecule has 0 bridgehead atoms. The highest BCUT2D eigenvalue weighted by atomic mass is 127. The molecule has 2 aliphatic rings. The number of hydrogen-bond acceptors (Lipinski definition) is 6. The molecule has 2 heterocycles. The van der Waals surface area contributed by atoms with Gasteiger partial charge in [0.2, 0.25) is 0 Å². The standard InChI is InChI=1S/C20H21IN2O4S/c1-20(7-8-20)15-11-28-18(16(15)19(25)27-21)22-17(24)12-3-5-13(6-4-12)23-9-14(10-23)26-2/h3-6,11,14H,7-10H2,1-2H3,(H,22,24). The average molecular weight is 512 g/mol. The zero-order chi connectivity index (χ0) is 19.9. The van der Waals surface area contributed by atoms with Gasteiger partial charge in [-0.1, -0.05) is 6.92 Å². The molecule has 1 saturated heterocycles. The molecule has 28 heavy (non-hydrogen) atoms. The van der Waals surface area contributed by atoms with E-state index < -0.39 is 5.97 Å². The molecule has 1 N–H and O–H groups in total. The van der Waals surface area contributed by atoms with Crippen LogP contribution in [-0.4, -0.2) is 38.2 Å². The molecule has 2 fully saturated rings. The second-order valence-electron chi connectivity index (χ2n) is 7.54. The molecule has 2 aromatic rings. The maximum atomic E-state index is 12.7. The molecule has 6 nitrogen and oxygen atoms in total. The Kier molecular flexibility index (Phi) is 5.36. The van der Waals surface area contributed by atoms with Crippen LogP contribution < -0.4 is 10.2 Å². The van der Waals surface area contributed by atoms with Gasteiger partial charge in [0, 0.05) is 31.5 Å². The minimum Gasteiger partial charge on any atom is -0.391 e. The van der Waals surface area contributed by atoms with E-state index in [9.17, 15) is 9.59 Å². The van der Waals surface area contributed by atoms with Gasteiger partial charge in [0.15, 0.2) is 23.0 Å². The third-order valence-electron chi connectivity index (χ3n) is 5.62. The van der Waals surface area contributed by atoms with Gasteiger partial charge < -0.3 is 18.0 Å². The van der Waals surface area contributed by atoms with Crippen LogP contribution in [-0.2, 0) is 13.2 Å². The topological polar surface area (TPSA) is 67.9 Å². The van der Waals surface area contributed by atoms with E-state index in [1.807, 2.05) is 17.5 Å². The predicted molar refractivity (Wildman–Crippen MR) is 118 cm³/mol. The number of rotatable bonds is 6. The molecule has 1 aromatic carbocycles. The first-order valence-corrected chi connectivity index (χ1v) is 10.9. The molecular weight excluding hydrogens is 491 g/mol. The maximum absolute atomic E-state index is 12.7. The molecule has 148 valence electrons. The van der Waals surface area contributed by atoms with Gasteiger partial charge in [-0.3, -0.25) is 4.79 Å². The van der Waals surface area contributed by atoms with Crippen molar-refractivity contribution in [3.8, 4) is 0 Å². The van der Waals surface area contributed by atoms with Gasteiger partial charge >= 0.3 is 5.97 Å². The molecule has 1 aromatic heterocycles. The van der Waals surface area contributed by atoms with Crippen LogP contribution in [0.25, 0.3) is 0 Å². The number of amides is 1. The number of carbonyl (C=O) groups excluding carboxylic acids is 2. The molecule has 0 spiro atoms. The fourth-order valence-electron chi connectivity index (χ4n) is 3.39. The number of anilines is 2. The van der Waals surface area contributed by atoms with Crippen molar-refractivity contribution in [3.05, 3.63) is 46.3 Å². The fraction of sp³-hybridized carbons (Fsp3) is 0.400. The summed E-state index contributed by atoms with van der Waals surface area (Å²) in [4.78, 5) is 27.3. The summed E-state index contributed by atoms with van der Waals surface area (Å²) < 4.78 is 10.2. The summed E-state index contributed by atoms with van der Waals surface area (Å²) in [5, 5.41) is 5.41. The van der Waals surface area contributed by atoms with Crippen molar-refractivity contribution in [1.82, 2.24) is 0 Å². The summed E-state index contributed by atoms with van der Waals surface area (Å²) in [6.07, 6.45) is 2.36. The van der Waals surface area contributed by atoms with E-state index in [2.05, 4.69) is 17.1 Å². The normalized spacial score (nSPS) is 17.8. The number of nitrogens with one attached hydrogen (secondary N) is 1. The molecule has 0 unspecified atom stereocenters. The minimum atomic E-state index is -0.416. The van der Waals surface area contributed by atoms with Crippen LogP contribution in [0.4, 0.5) is 10.7 Å². The van der Waals surface area contributed by atoms with Crippen LogP contribution in [0.5, 0.6) is 0 Å². The number of methoxy groups -OCH3 is 1. The minimum absolute atomic E-state index is 0.0125. The van der Waals surface area contributed by atoms with Crippen molar-refractivity contribution < 1.29 is 17.4 Å². The largest absolute Gasteiger partial charge is 0.391 e. The van der Waals surface area contributed by atoms with Crippen molar-refractivity contribution in [2.75, 3.05) is 30.4 Å². The number of halogens is 1. The Balaban J connectivity index is 1.49. The highest BCUT2D eigenvalue weighted by molar-refractivity contribution is 14.1. The molecule has 0 atom stereocenters. The van der Waals surface area contributed by atoms with E-state index in [0.29, 0.717) is 16.1 Å². The van der Waals surface area contributed by atoms with Crippen molar-refractivity contribution in [1.29, 1.82) is 0 Å². The molecule has 1 amide bonds. The smallest absolute Gasteiger partial charge is 0.350 e. The molecular formula is C20H21IN2O4S. The lowest BCUT2D eigenvalue weighted by atomic mass is 9.97. The zero-order valence-electron chi connectivity index (χ0n) is 15.7. The lowest BCUT2D eigenvalue weighted by Gasteiger charge is -2.40. The molecule has 4 rings (SSSR count). The van der Waals surface area contributed by atoms with Crippen LogP contribution in [0.3, 0.4) is 0 Å². The second-order valence-corrected chi connectivity index (χ2v) is 8.86. The maximum Gasteiger partial charge on any atom is 0.350 e. The van der Waals surface area contributed by atoms with Crippen molar-refractivity contribution in [2.24, 2.45) is 0 Å². The molecule has 1 aliphatic heterocycles. The van der Waals surface area contributed by atoms with E-state index in [0.717, 1.165) is 37.2 Å². The van der Waals surface area contributed by atoms with E-state index in [1.165, 1.54) is 11.3 Å². The molecule has 1 aliphatic carbocycles. The number of nitrogens with zero attached hydrogens (tertiary/aromatic N) is 1. The molecule has 1 saturated carbocycles. The average Bonchev–Trinajstić information content (AvgIpc) is 3.27. The Morgan fingerprint density at radius 3 is 2.50 bits per heavy atom. The van der Waals surface area contributed by atoms with Crippen LogP contribution in [0.2, 0.25) is 0 Å². The van der Waals surface area contributed by atoms with Crippen LogP contribution in [0.15, 0.2) is 29.6 Å². The lowest BCUT2D eigenvalue weighted by Crippen LogP contribution is -2.51. The third kappa shape index (κ3) is 3.65. The summed E-state index contributed by atoms with van der Waals surface area (Å²) in [7, 11) is 1.72. The van der Waals surface area contributed by atoms with Gasteiger partial charge in [-0.05, 0) is 53.5 Å². The van der Waals surface area contributed by atoms with Crippen molar-refractivity contribution in [2.45, 2.75) is 31.3 Å². The monoisotopic (exact) mass is 512 g/mol. The Morgan fingerprint density at radius 1 is 1.25 bits per heavy atom. The summed E-state index contributed by atoms with van der Waals surface area (Å²) in [5.41, 5.74) is 3.08. The van der Waals surface area contributed by atoms with E-state index in [4.69, 9.17) is 7.80 Å². The summed E-state index contributed by atoms with van der Waals surface area (Å²) in [6.45, 7) is 3.86. The number of ether oxygens (including phenoxy) is 1. The first-order valence-electron chi connectivity index (χ1n) is 9.09. The third-order valence-corrected chi connectivity index (χ3v) is 6.91. The second kappa shape index (κ2) is 7.64. The number of carbonyl (C=O) groups is 2. The Labute approximate surface area is 181 Å². The first-order chi connectivity index (χ1) is 13.4. The number of hydrogen-bond donors (Lipinski definition) is 1. The SMILES string of the molecule is COC1CN(c2ccc(C(=O)Nc3scc(C4(C)CC4)c3C(=O)OI)cc2)C1. The van der Waals surface area contributed by atoms with Gasteiger partial charge in [0.05, 0.1) is 11.7 Å². The number of thiophene rings is 1. The highest BCUT2D eigenvalue weighted by Crippen LogP contribution is 2.51. The molecule has 0 radical (unpaired) electrons. The number of benzene rings is 1. The van der Waals surface area contributed by atoms with Crippen LogP contribution in [0.1, 0.15) is 46.0 Å². The van der Waals surface area contributed by atoms with E-state index in [1.54, 1.807) is 42.2 Å². The zero-order valence-corrected chi connectivity index (χ0v) is 18.6. The van der Waals surface area contributed by atoms with Crippen LogP contribution in [0, 0.1) is 0 Å². The van der Waals surface area contributed by atoms with Gasteiger partial charge in [0.25, 0.3) is 5.91 Å². The van der Waals surface area contributed by atoms with Gasteiger partial charge in [0.1, 0.15) is 5.00 Å². The van der Waals surface area contributed by atoms with Gasteiger partial charge in [-0.2, -0.15) is 0 Å². The van der Waals surface area contributed by atoms with Crippen LogP contribution >= 0.6 is 34.3 Å². The Bertz CT molecular complexity index is 901. The quantitative estimate of drug-likeness (QED) is 0.582. The van der Waals surface area contributed by atoms with E-state index >= 15 is 0 Å². The summed E-state index contributed by atoms with van der Waals surface area (Å²) >= 11 is 2.97. The van der Waals surface area contributed by atoms with Gasteiger partial charge in [-0.15, -0.1) is 11.3 Å².